The number of rotatable bonds is 3. The third-order valence-electron chi connectivity index (χ3n) is 4.63. The van der Waals surface area contributed by atoms with Crippen molar-refractivity contribution in [1.82, 2.24) is 4.31 Å². The van der Waals surface area contributed by atoms with E-state index in [4.69, 9.17) is 0 Å². The molecular formula is C20H16N2O4S. The second-order valence-electron chi connectivity index (χ2n) is 6.29. The highest BCUT2D eigenvalue weighted by Crippen LogP contribution is 2.32. The zero-order chi connectivity index (χ0) is 19.2. The summed E-state index contributed by atoms with van der Waals surface area (Å²) in [5.74, 6) is -1.26. The molecule has 0 spiro atoms. The number of anilines is 1. The van der Waals surface area contributed by atoms with Crippen LogP contribution < -0.4 is 5.32 Å². The Balaban J connectivity index is 1.66. The lowest BCUT2D eigenvalue weighted by molar-refractivity contribution is -0.118. The third-order valence-corrected chi connectivity index (χ3v) is 6.54. The van der Waals surface area contributed by atoms with Gasteiger partial charge in [-0.2, -0.15) is 0 Å². The third kappa shape index (κ3) is 2.67. The Morgan fingerprint density at radius 1 is 0.963 bits per heavy atom. The number of carbonyl (C=O) groups excluding carboxylic acids is 2. The molecule has 0 unspecified atom stereocenters. The first kappa shape index (κ1) is 17.2. The predicted octanol–water partition coefficient (Wildman–Crippen LogP) is 3.01. The van der Waals surface area contributed by atoms with Gasteiger partial charge in [0.25, 0.3) is 15.9 Å². The highest BCUT2D eigenvalue weighted by atomic mass is 32.2. The largest absolute Gasteiger partial charge is 0.324 e. The molecule has 1 atom stereocenters. The van der Waals surface area contributed by atoms with Crippen molar-refractivity contribution in [2.75, 3.05) is 5.32 Å². The van der Waals surface area contributed by atoms with Gasteiger partial charge in [0.2, 0.25) is 5.91 Å². The van der Waals surface area contributed by atoms with Crippen molar-refractivity contribution in [3.8, 4) is 0 Å². The predicted molar refractivity (Wildman–Crippen MR) is 102 cm³/mol. The van der Waals surface area contributed by atoms with Crippen LogP contribution in [0.2, 0.25) is 0 Å². The van der Waals surface area contributed by atoms with Crippen LogP contribution in [-0.4, -0.2) is 30.6 Å². The number of nitrogens with zero attached hydrogens (tertiary/aromatic N) is 1. The van der Waals surface area contributed by atoms with Crippen LogP contribution in [0.25, 0.3) is 10.8 Å². The smallest absolute Gasteiger partial charge is 0.269 e. The van der Waals surface area contributed by atoms with Gasteiger partial charge in [0, 0.05) is 11.1 Å². The van der Waals surface area contributed by atoms with E-state index in [1.54, 1.807) is 24.3 Å². The first-order valence-electron chi connectivity index (χ1n) is 8.37. The van der Waals surface area contributed by atoms with E-state index >= 15 is 0 Å². The second kappa shape index (κ2) is 6.21. The molecule has 0 bridgehead atoms. The van der Waals surface area contributed by atoms with Gasteiger partial charge in [-0.25, -0.2) is 12.7 Å². The summed E-state index contributed by atoms with van der Waals surface area (Å²) in [5.41, 5.74) is 0.647. The van der Waals surface area contributed by atoms with E-state index in [0.29, 0.717) is 9.99 Å². The molecule has 1 N–H and O–H groups in total. The zero-order valence-electron chi connectivity index (χ0n) is 14.4. The second-order valence-corrected chi connectivity index (χ2v) is 8.08. The van der Waals surface area contributed by atoms with Crippen molar-refractivity contribution in [3.63, 3.8) is 0 Å². The Morgan fingerprint density at radius 3 is 2.41 bits per heavy atom. The average Bonchev–Trinajstić information content (AvgIpc) is 2.88. The number of hydrogen-bond acceptors (Lipinski definition) is 4. The van der Waals surface area contributed by atoms with Gasteiger partial charge in [-0.15, -0.1) is 0 Å². The minimum Gasteiger partial charge on any atom is -0.324 e. The summed E-state index contributed by atoms with van der Waals surface area (Å²) in [7, 11) is -4.05. The molecule has 1 heterocycles. The Morgan fingerprint density at radius 2 is 1.63 bits per heavy atom. The summed E-state index contributed by atoms with van der Waals surface area (Å²) in [6.07, 6.45) is 0. The quantitative estimate of drug-likeness (QED) is 0.757. The molecule has 0 radical (unpaired) electrons. The van der Waals surface area contributed by atoms with Crippen molar-refractivity contribution in [2.24, 2.45) is 0 Å². The van der Waals surface area contributed by atoms with Crippen LogP contribution in [-0.2, 0) is 14.8 Å². The molecular weight excluding hydrogens is 364 g/mol. The fourth-order valence-electron chi connectivity index (χ4n) is 3.26. The monoisotopic (exact) mass is 380 g/mol. The van der Waals surface area contributed by atoms with E-state index in [1.807, 2.05) is 30.3 Å². The Labute approximate surface area is 156 Å². The molecule has 27 heavy (non-hydrogen) atoms. The standard InChI is InChI=1S/C20H16N2O4S/c1-13(22-20(24)16-10-4-5-12-18(16)27(22,25)26)19(23)21-17-11-6-8-14-7-2-3-9-15(14)17/h2-13H,1H3,(H,21,23)/t13-/m1/s1. The molecule has 1 aliphatic rings. The summed E-state index contributed by atoms with van der Waals surface area (Å²) in [6.45, 7) is 1.40. The maximum absolute atomic E-state index is 12.8. The fraction of sp³-hybridized carbons (Fsp3) is 0.100. The van der Waals surface area contributed by atoms with Gasteiger partial charge >= 0.3 is 0 Å². The zero-order valence-corrected chi connectivity index (χ0v) is 15.2. The van der Waals surface area contributed by atoms with Gasteiger partial charge in [-0.05, 0) is 30.5 Å². The topological polar surface area (TPSA) is 83.6 Å². The molecule has 1 aliphatic heterocycles. The molecule has 0 aromatic heterocycles. The molecule has 3 aromatic rings. The highest BCUT2D eigenvalue weighted by Gasteiger charge is 2.45. The van der Waals surface area contributed by atoms with Crippen LogP contribution in [0.15, 0.2) is 71.6 Å². The van der Waals surface area contributed by atoms with E-state index in [9.17, 15) is 18.0 Å². The van der Waals surface area contributed by atoms with Gasteiger partial charge in [0.15, 0.2) is 0 Å². The lowest BCUT2D eigenvalue weighted by Crippen LogP contribution is -2.45. The molecule has 4 rings (SSSR count). The number of sulfonamides is 1. The summed E-state index contributed by atoms with van der Waals surface area (Å²) in [5, 5.41) is 4.53. The van der Waals surface area contributed by atoms with Crippen LogP contribution in [0.1, 0.15) is 17.3 Å². The molecule has 6 nitrogen and oxygen atoms in total. The maximum atomic E-state index is 12.8. The lowest BCUT2D eigenvalue weighted by Gasteiger charge is -2.22. The number of hydrogen-bond donors (Lipinski definition) is 1. The van der Waals surface area contributed by atoms with Crippen LogP contribution in [0.4, 0.5) is 5.69 Å². The molecule has 7 heteroatoms. The number of fused-ring (bicyclic) bond motifs is 2. The van der Waals surface area contributed by atoms with Crippen molar-refractivity contribution in [2.45, 2.75) is 17.9 Å². The van der Waals surface area contributed by atoms with E-state index in [1.165, 1.54) is 19.1 Å². The Bertz CT molecular complexity index is 1180. The lowest BCUT2D eigenvalue weighted by atomic mass is 10.1. The number of nitrogens with one attached hydrogen (secondary N) is 1. The van der Waals surface area contributed by atoms with E-state index < -0.39 is 27.9 Å². The Kier molecular flexibility index (Phi) is 3.96. The van der Waals surface area contributed by atoms with Crippen LogP contribution >= 0.6 is 0 Å². The summed E-state index contributed by atoms with van der Waals surface area (Å²) < 4.78 is 26.1. The number of benzene rings is 3. The van der Waals surface area contributed by atoms with Crippen molar-refractivity contribution < 1.29 is 18.0 Å². The molecule has 0 saturated heterocycles. The van der Waals surface area contributed by atoms with Gasteiger partial charge in [-0.1, -0.05) is 48.5 Å². The van der Waals surface area contributed by atoms with Gasteiger partial charge in [0.1, 0.15) is 10.9 Å². The summed E-state index contributed by atoms with van der Waals surface area (Å²) in [6, 6.07) is 17.8. The Hall–Kier alpha value is -3.19. The molecule has 2 amide bonds. The van der Waals surface area contributed by atoms with Crippen LogP contribution in [0.3, 0.4) is 0 Å². The highest BCUT2D eigenvalue weighted by molar-refractivity contribution is 7.90. The van der Waals surface area contributed by atoms with E-state index in [-0.39, 0.29) is 10.5 Å². The average molecular weight is 380 g/mol. The molecule has 0 fully saturated rings. The van der Waals surface area contributed by atoms with Gasteiger partial charge < -0.3 is 5.32 Å². The fourth-order valence-corrected chi connectivity index (χ4v) is 4.99. The number of carbonyl (C=O) groups is 2. The SMILES string of the molecule is C[C@H](C(=O)Nc1cccc2ccccc12)N1C(=O)c2ccccc2S1(=O)=O. The number of amides is 2. The van der Waals surface area contributed by atoms with Crippen LogP contribution in [0, 0.1) is 0 Å². The normalized spacial score (nSPS) is 16.2. The van der Waals surface area contributed by atoms with Crippen molar-refractivity contribution in [3.05, 3.63) is 72.3 Å². The minimum absolute atomic E-state index is 0.0696. The maximum Gasteiger partial charge on any atom is 0.269 e. The first-order valence-corrected chi connectivity index (χ1v) is 9.81. The molecule has 3 aromatic carbocycles. The summed E-state index contributed by atoms with van der Waals surface area (Å²) in [4.78, 5) is 25.3. The molecule has 136 valence electrons. The molecule has 0 aliphatic carbocycles. The van der Waals surface area contributed by atoms with E-state index in [2.05, 4.69) is 5.32 Å². The van der Waals surface area contributed by atoms with Gasteiger partial charge in [0.05, 0.1) is 5.56 Å². The summed E-state index contributed by atoms with van der Waals surface area (Å²) >= 11 is 0. The molecule has 0 saturated carbocycles. The van der Waals surface area contributed by atoms with E-state index in [0.717, 1.165) is 10.8 Å². The minimum atomic E-state index is -4.05. The van der Waals surface area contributed by atoms with Crippen LogP contribution in [0.5, 0.6) is 0 Å². The first-order chi connectivity index (χ1) is 12.9. The van der Waals surface area contributed by atoms with Crippen molar-refractivity contribution in [1.29, 1.82) is 0 Å². The van der Waals surface area contributed by atoms with Crippen molar-refractivity contribution >= 4 is 38.3 Å². The van der Waals surface area contributed by atoms with Gasteiger partial charge in [-0.3, -0.25) is 9.59 Å².